The third kappa shape index (κ3) is 4.05. The molecule has 41 heavy (non-hydrogen) atoms. The predicted octanol–water partition coefficient (Wildman–Crippen LogP) is 9.59. The van der Waals surface area contributed by atoms with Crippen molar-refractivity contribution in [3.05, 3.63) is 140 Å². The Kier molecular flexibility index (Phi) is 5.42. The molecule has 8 rings (SSSR count). The quantitative estimate of drug-likeness (QED) is 0.230. The van der Waals surface area contributed by atoms with Crippen LogP contribution in [-0.2, 0) is 0 Å². The lowest BCUT2D eigenvalue weighted by Crippen LogP contribution is -2.00. The summed E-state index contributed by atoms with van der Waals surface area (Å²) >= 11 is 0. The van der Waals surface area contributed by atoms with Crippen LogP contribution in [0.1, 0.15) is 0 Å². The molecule has 0 aliphatic carbocycles. The summed E-state index contributed by atoms with van der Waals surface area (Å²) < 4.78 is 6.16. The zero-order valence-corrected chi connectivity index (χ0v) is 22.0. The van der Waals surface area contributed by atoms with E-state index in [1.807, 2.05) is 60.7 Å². The van der Waals surface area contributed by atoms with E-state index in [1.54, 1.807) is 0 Å². The molecule has 0 amide bonds. The first-order chi connectivity index (χ1) is 20.3. The molecular formula is C37H23N3O. The standard InChI is InChI=1S/C37H23N3O/c1-3-10-24(11-4-1)25-18-20-27(21-19-25)36-38-35(26-12-5-2-6-13-26)39-37(40-36)30-16-9-15-29-28(30)22-23-33-34(29)31-14-7-8-17-32(31)41-33/h1-23H. The highest BCUT2D eigenvalue weighted by Gasteiger charge is 2.17. The van der Waals surface area contributed by atoms with E-state index in [-0.39, 0.29) is 0 Å². The van der Waals surface area contributed by atoms with Crippen molar-refractivity contribution < 1.29 is 4.42 Å². The van der Waals surface area contributed by atoms with E-state index in [1.165, 1.54) is 5.56 Å². The molecule has 0 fully saturated rings. The number of hydrogen-bond donors (Lipinski definition) is 0. The summed E-state index contributed by atoms with van der Waals surface area (Å²) in [5.74, 6) is 1.92. The molecule has 2 aromatic heterocycles. The van der Waals surface area contributed by atoms with Crippen LogP contribution in [0.3, 0.4) is 0 Å². The molecule has 0 bridgehead atoms. The number of aromatic nitrogens is 3. The van der Waals surface area contributed by atoms with Crippen LogP contribution in [0.15, 0.2) is 144 Å². The second-order valence-corrected chi connectivity index (χ2v) is 10.1. The van der Waals surface area contributed by atoms with Crippen molar-refractivity contribution in [2.24, 2.45) is 0 Å². The van der Waals surface area contributed by atoms with E-state index in [9.17, 15) is 0 Å². The average Bonchev–Trinajstić information content (AvgIpc) is 3.44. The van der Waals surface area contributed by atoms with Crippen LogP contribution in [0.4, 0.5) is 0 Å². The monoisotopic (exact) mass is 525 g/mol. The molecule has 8 aromatic rings. The van der Waals surface area contributed by atoms with Crippen molar-refractivity contribution in [2.75, 3.05) is 0 Å². The second kappa shape index (κ2) is 9.54. The van der Waals surface area contributed by atoms with Gasteiger partial charge in [-0.2, -0.15) is 0 Å². The number of rotatable bonds is 4. The largest absolute Gasteiger partial charge is 0.456 e. The topological polar surface area (TPSA) is 51.8 Å². The lowest BCUT2D eigenvalue weighted by molar-refractivity contribution is 0.669. The summed E-state index contributed by atoms with van der Waals surface area (Å²) in [6.07, 6.45) is 0. The number of hydrogen-bond acceptors (Lipinski definition) is 4. The van der Waals surface area contributed by atoms with Gasteiger partial charge in [0.05, 0.1) is 0 Å². The first kappa shape index (κ1) is 23.3. The van der Waals surface area contributed by atoms with Crippen molar-refractivity contribution in [2.45, 2.75) is 0 Å². The number of nitrogens with zero attached hydrogens (tertiary/aromatic N) is 3. The summed E-state index contributed by atoms with van der Waals surface area (Å²) in [5, 5.41) is 4.39. The Labute approximate surface area is 236 Å². The number of furan rings is 1. The van der Waals surface area contributed by atoms with Crippen molar-refractivity contribution >= 4 is 32.7 Å². The van der Waals surface area contributed by atoms with Crippen LogP contribution < -0.4 is 0 Å². The normalized spacial score (nSPS) is 11.4. The molecule has 0 aliphatic heterocycles. The van der Waals surface area contributed by atoms with Gasteiger partial charge in [0.15, 0.2) is 17.5 Å². The van der Waals surface area contributed by atoms with Gasteiger partial charge in [-0.05, 0) is 40.1 Å². The predicted molar refractivity (Wildman–Crippen MR) is 166 cm³/mol. The highest BCUT2D eigenvalue weighted by atomic mass is 16.3. The molecule has 4 nitrogen and oxygen atoms in total. The summed E-state index contributed by atoms with van der Waals surface area (Å²) in [6, 6.07) is 47.5. The van der Waals surface area contributed by atoms with Gasteiger partial charge in [0, 0.05) is 27.5 Å². The molecule has 0 aliphatic rings. The minimum Gasteiger partial charge on any atom is -0.456 e. The molecule has 0 spiro atoms. The zero-order valence-electron chi connectivity index (χ0n) is 22.0. The number of fused-ring (bicyclic) bond motifs is 5. The van der Waals surface area contributed by atoms with Gasteiger partial charge in [0.1, 0.15) is 11.2 Å². The van der Waals surface area contributed by atoms with Gasteiger partial charge in [-0.25, -0.2) is 15.0 Å². The SMILES string of the molecule is c1ccc(-c2ccc(-c3nc(-c4ccccc4)nc(-c4cccc5c4ccc4oc6ccccc6c45)n3)cc2)cc1. The number of benzene rings is 6. The second-order valence-electron chi connectivity index (χ2n) is 10.1. The van der Waals surface area contributed by atoms with Gasteiger partial charge >= 0.3 is 0 Å². The van der Waals surface area contributed by atoms with Crippen LogP contribution in [-0.4, -0.2) is 15.0 Å². The van der Waals surface area contributed by atoms with Crippen LogP contribution in [0.2, 0.25) is 0 Å². The molecule has 0 N–H and O–H groups in total. The van der Waals surface area contributed by atoms with Gasteiger partial charge in [-0.15, -0.1) is 0 Å². The van der Waals surface area contributed by atoms with Crippen LogP contribution >= 0.6 is 0 Å². The molecule has 4 heteroatoms. The maximum Gasteiger partial charge on any atom is 0.164 e. The Hall–Kier alpha value is -5.61. The molecule has 0 unspecified atom stereocenters. The minimum absolute atomic E-state index is 0.638. The van der Waals surface area contributed by atoms with Crippen molar-refractivity contribution in [1.82, 2.24) is 15.0 Å². The fourth-order valence-electron chi connectivity index (χ4n) is 5.56. The lowest BCUT2D eigenvalue weighted by Gasteiger charge is -2.11. The molecular weight excluding hydrogens is 502 g/mol. The highest BCUT2D eigenvalue weighted by Crippen LogP contribution is 2.38. The van der Waals surface area contributed by atoms with Gasteiger partial charge in [0.2, 0.25) is 0 Å². The van der Waals surface area contributed by atoms with E-state index in [0.29, 0.717) is 17.5 Å². The van der Waals surface area contributed by atoms with Crippen LogP contribution in [0.5, 0.6) is 0 Å². The summed E-state index contributed by atoms with van der Waals surface area (Å²) in [5.41, 5.74) is 6.92. The van der Waals surface area contributed by atoms with E-state index < -0.39 is 0 Å². The maximum atomic E-state index is 6.16. The lowest BCUT2D eigenvalue weighted by atomic mass is 9.99. The zero-order chi connectivity index (χ0) is 27.2. The van der Waals surface area contributed by atoms with E-state index in [0.717, 1.165) is 55.0 Å². The fourth-order valence-corrected chi connectivity index (χ4v) is 5.56. The first-order valence-electron chi connectivity index (χ1n) is 13.6. The highest BCUT2D eigenvalue weighted by molar-refractivity contribution is 6.20. The van der Waals surface area contributed by atoms with Crippen molar-refractivity contribution in [3.8, 4) is 45.3 Å². The van der Waals surface area contributed by atoms with Crippen LogP contribution in [0, 0.1) is 0 Å². The molecule has 0 saturated carbocycles. The Morgan fingerprint density at radius 2 is 0.902 bits per heavy atom. The van der Waals surface area contributed by atoms with Gasteiger partial charge in [0.25, 0.3) is 0 Å². The maximum absolute atomic E-state index is 6.16. The van der Waals surface area contributed by atoms with Crippen molar-refractivity contribution in [3.63, 3.8) is 0 Å². The molecule has 0 atom stereocenters. The van der Waals surface area contributed by atoms with Gasteiger partial charge in [-0.3, -0.25) is 0 Å². The Morgan fingerprint density at radius 3 is 1.66 bits per heavy atom. The molecule has 192 valence electrons. The van der Waals surface area contributed by atoms with Crippen LogP contribution in [0.25, 0.3) is 78.0 Å². The van der Waals surface area contributed by atoms with E-state index in [4.69, 9.17) is 19.4 Å². The van der Waals surface area contributed by atoms with E-state index >= 15 is 0 Å². The third-order valence-electron chi connectivity index (χ3n) is 7.56. The van der Waals surface area contributed by atoms with E-state index in [2.05, 4.69) is 78.9 Å². The summed E-state index contributed by atoms with van der Waals surface area (Å²) in [4.78, 5) is 15.0. The third-order valence-corrected chi connectivity index (χ3v) is 7.56. The first-order valence-corrected chi connectivity index (χ1v) is 13.6. The fraction of sp³-hybridized carbons (Fsp3) is 0. The Balaban J connectivity index is 1.33. The van der Waals surface area contributed by atoms with Crippen molar-refractivity contribution in [1.29, 1.82) is 0 Å². The minimum atomic E-state index is 0.638. The smallest absolute Gasteiger partial charge is 0.164 e. The summed E-state index contributed by atoms with van der Waals surface area (Å²) in [7, 11) is 0. The Morgan fingerprint density at radius 1 is 0.341 bits per heavy atom. The molecule has 0 radical (unpaired) electrons. The number of para-hydroxylation sites is 1. The summed E-state index contributed by atoms with van der Waals surface area (Å²) in [6.45, 7) is 0. The van der Waals surface area contributed by atoms with Gasteiger partial charge < -0.3 is 4.42 Å². The molecule has 0 saturated heterocycles. The Bertz CT molecular complexity index is 2180. The van der Waals surface area contributed by atoms with Gasteiger partial charge in [-0.1, -0.05) is 121 Å². The average molecular weight is 526 g/mol. The molecule has 2 heterocycles. The molecule has 6 aromatic carbocycles.